The van der Waals surface area contributed by atoms with Crippen LogP contribution < -0.4 is 4.74 Å². The van der Waals surface area contributed by atoms with Crippen molar-refractivity contribution in [2.24, 2.45) is 0 Å². The van der Waals surface area contributed by atoms with E-state index in [9.17, 15) is 0 Å². The highest BCUT2D eigenvalue weighted by Crippen LogP contribution is 2.18. The van der Waals surface area contributed by atoms with E-state index in [1.54, 1.807) is 6.20 Å². The molecule has 0 saturated heterocycles. The number of ether oxygens (including phenoxy) is 1. The van der Waals surface area contributed by atoms with Crippen LogP contribution in [0.15, 0.2) is 12.3 Å². The molecule has 46 valence electrons. The summed E-state index contributed by atoms with van der Waals surface area (Å²) in [5, 5.41) is 6.54. The summed E-state index contributed by atoms with van der Waals surface area (Å²) in [6, 6.07) is 0. The SMILES string of the molecule is C1=Cc2cn[nH]c2OC1. The third kappa shape index (κ3) is 0.614. The van der Waals surface area contributed by atoms with E-state index >= 15 is 0 Å². The van der Waals surface area contributed by atoms with Crippen molar-refractivity contribution in [2.45, 2.75) is 0 Å². The fraction of sp³-hybridized carbons (Fsp3) is 0.167. The zero-order valence-corrected chi connectivity index (χ0v) is 4.79. The first kappa shape index (κ1) is 4.61. The second-order valence-corrected chi connectivity index (χ2v) is 1.87. The summed E-state index contributed by atoms with van der Waals surface area (Å²) < 4.78 is 5.16. The Morgan fingerprint density at radius 3 is 3.56 bits per heavy atom. The molecule has 1 aromatic rings. The van der Waals surface area contributed by atoms with Crippen molar-refractivity contribution in [2.75, 3.05) is 6.61 Å². The van der Waals surface area contributed by atoms with Gasteiger partial charge in [0.1, 0.15) is 6.61 Å². The third-order valence-corrected chi connectivity index (χ3v) is 1.25. The molecule has 0 spiro atoms. The lowest BCUT2D eigenvalue weighted by atomic mass is 10.3. The lowest BCUT2D eigenvalue weighted by Gasteiger charge is -2.04. The van der Waals surface area contributed by atoms with E-state index in [1.807, 2.05) is 12.2 Å². The quantitative estimate of drug-likeness (QED) is 0.553. The van der Waals surface area contributed by atoms with Crippen molar-refractivity contribution in [3.8, 4) is 5.88 Å². The van der Waals surface area contributed by atoms with Gasteiger partial charge in [-0.1, -0.05) is 0 Å². The molecule has 0 radical (unpaired) electrons. The molecule has 1 aliphatic heterocycles. The standard InChI is InChI=1S/C6H6N2O/c1-2-5-4-7-8-6(5)9-3-1/h1-2,4H,3H2,(H,7,8). The first-order valence-electron chi connectivity index (χ1n) is 2.79. The van der Waals surface area contributed by atoms with Crippen LogP contribution in [-0.4, -0.2) is 16.8 Å². The van der Waals surface area contributed by atoms with Crippen LogP contribution in [0.3, 0.4) is 0 Å². The van der Waals surface area contributed by atoms with Gasteiger partial charge in [-0.25, -0.2) is 5.10 Å². The molecule has 0 unspecified atom stereocenters. The first-order chi connectivity index (χ1) is 4.47. The van der Waals surface area contributed by atoms with E-state index in [4.69, 9.17) is 4.74 Å². The molecule has 0 aromatic carbocycles. The van der Waals surface area contributed by atoms with Crippen LogP contribution in [0.1, 0.15) is 5.56 Å². The van der Waals surface area contributed by atoms with Crippen LogP contribution in [-0.2, 0) is 0 Å². The topological polar surface area (TPSA) is 37.9 Å². The van der Waals surface area contributed by atoms with Crippen molar-refractivity contribution >= 4 is 6.08 Å². The Kier molecular flexibility index (Phi) is 0.828. The van der Waals surface area contributed by atoms with Crippen molar-refractivity contribution in [1.82, 2.24) is 10.2 Å². The lowest BCUT2D eigenvalue weighted by Crippen LogP contribution is -1.98. The minimum absolute atomic E-state index is 0.648. The van der Waals surface area contributed by atoms with Gasteiger partial charge in [-0.05, 0) is 12.2 Å². The molecule has 0 amide bonds. The van der Waals surface area contributed by atoms with Gasteiger partial charge in [0, 0.05) is 0 Å². The molecule has 0 fully saturated rings. The molecule has 9 heavy (non-hydrogen) atoms. The molecule has 0 saturated carbocycles. The molecular formula is C6H6N2O. The third-order valence-electron chi connectivity index (χ3n) is 1.25. The Labute approximate surface area is 52.3 Å². The summed E-state index contributed by atoms with van der Waals surface area (Å²) in [4.78, 5) is 0. The van der Waals surface area contributed by atoms with E-state index < -0.39 is 0 Å². The molecule has 3 heteroatoms. The molecule has 1 aromatic heterocycles. The molecule has 1 N–H and O–H groups in total. The van der Waals surface area contributed by atoms with Gasteiger partial charge in [0.15, 0.2) is 0 Å². The summed E-state index contributed by atoms with van der Waals surface area (Å²) in [7, 11) is 0. The van der Waals surface area contributed by atoms with Gasteiger partial charge in [0.25, 0.3) is 0 Å². The number of aromatic amines is 1. The lowest BCUT2D eigenvalue weighted by molar-refractivity contribution is 0.344. The summed E-state index contributed by atoms with van der Waals surface area (Å²) in [5.41, 5.74) is 1.03. The molecule has 3 nitrogen and oxygen atoms in total. The Morgan fingerprint density at radius 2 is 2.67 bits per heavy atom. The summed E-state index contributed by atoms with van der Waals surface area (Å²) in [6.45, 7) is 0.648. The number of nitrogens with zero attached hydrogens (tertiary/aromatic N) is 1. The monoisotopic (exact) mass is 122 g/mol. The maximum Gasteiger partial charge on any atom is 0.216 e. The predicted molar refractivity (Wildman–Crippen MR) is 33.1 cm³/mol. The number of nitrogens with one attached hydrogen (secondary N) is 1. The second kappa shape index (κ2) is 1.62. The minimum atomic E-state index is 0.648. The average Bonchev–Trinajstić information content (AvgIpc) is 2.33. The summed E-state index contributed by atoms with van der Waals surface area (Å²) >= 11 is 0. The smallest absolute Gasteiger partial charge is 0.216 e. The van der Waals surface area contributed by atoms with E-state index in [1.165, 1.54) is 0 Å². The highest BCUT2D eigenvalue weighted by molar-refractivity contribution is 5.55. The number of rotatable bonds is 0. The highest BCUT2D eigenvalue weighted by Gasteiger charge is 2.04. The number of aromatic nitrogens is 2. The van der Waals surface area contributed by atoms with E-state index in [-0.39, 0.29) is 0 Å². The number of hydrogen-bond acceptors (Lipinski definition) is 2. The summed E-state index contributed by atoms with van der Waals surface area (Å²) in [5.74, 6) is 0.775. The largest absolute Gasteiger partial charge is 0.473 e. The summed E-state index contributed by atoms with van der Waals surface area (Å²) in [6.07, 6.45) is 5.69. The molecule has 0 atom stereocenters. The molecular weight excluding hydrogens is 116 g/mol. The van der Waals surface area contributed by atoms with Gasteiger partial charge in [-0.15, -0.1) is 0 Å². The minimum Gasteiger partial charge on any atom is -0.473 e. The maximum atomic E-state index is 5.16. The number of hydrogen-bond donors (Lipinski definition) is 1. The van der Waals surface area contributed by atoms with Gasteiger partial charge in [-0.3, -0.25) is 0 Å². The van der Waals surface area contributed by atoms with Gasteiger partial charge in [-0.2, -0.15) is 5.10 Å². The Hall–Kier alpha value is -1.25. The van der Waals surface area contributed by atoms with Gasteiger partial charge in [0.05, 0.1) is 11.8 Å². The van der Waals surface area contributed by atoms with E-state index in [2.05, 4.69) is 10.2 Å². The molecule has 0 aliphatic carbocycles. The van der Waals surface area contributed by atoms with E-state index in [0.29, 0.717) is 6.61 Å². The van der Waals surface area contributed by atoms with Crippen molar-refractivity contribution in [3.63, 3.8) is 0 Å². The van der Waals surface area contributed by atoms with Crippen molar-refractivity contribution in [1.29, 1.82) is 0 Å². The van der Waals surface area contributed by atoms with Crippen molar-refractivity contribution in [3.05, 3.63) is 17.8 Å². The fourth-order valence-electron chi connectivity index (χ4n) is 0.824. The van der Waals surface area contributed by atoms with Crippen LogP contribution in [0.25, 0.3) is 6.08 Å². The Bertz CT molecular complexity index is 239. The van der Waals surface area contributed by atoms with Crippen LogP contribution in [0.2, 0.25) is 0 Å². The number of fused-ring (bicyclic) bond motifs is 1. The fourth-order valence-corrected chi connectivity index (χ4v) is 0.824. The second-order valence-electron chi connectivity index (χ2n) is 1.87. The van der Waals surface area contributed by atoms with Crippen LogP contribution >= 0.6 is 0 Å². The van der Waals surface area contributed by atoms with Crippen LogP contribution in [0, 0.1) is 0 Å². The first-order valence-corrected chi connectivity index (χ1v) is 2.79. The maximum absolute atomic E-state index is 5.16. The molecule has 2 heterocycles. The highest BCUT2D eigenvalue weighted by atomic mass is 16.5. The zero-order valence-electron chi connectivity index (χ0n) is 4.79. The van der Waals surface area contributed by atoms with Crippen LogP contribution in [0.4, 0.5) is 0 Å². The Morgan fingerprint density at radius 1 is 1.67 bits per heavy atom. The number of H-pyrrole nitrogens is 1. The predicted octanol–water partition coefficient (Wildman–Crippen LogP) is 0.815. The van der Waals surface area contributed by atoms with Gasteiger partial charge < -0.3 is 4.74 Å². The van der Waals surface area contributed by atoms with E-state index in [0.717, 1.165) is 11.4 Å². The van der Waals surface area contributed by atoms with Gasteiger partial charge in [0.2, 0.25) is 5.88 Å². The normalized spacial score (nSPS) is 14.7. The zero-order chi connectivity index (χ0) is 6.10. The molecule has 0 bridgehead atoms. The van der Waals surface area contributed by atoms with Gasteiger partial charge >= 0.3 is 0 Å². The van der Waals surface area contributed by atoms with Crippen molar-refractivity contribution < 1.29 is 4.74 Å². The average molecular weight is 122 g/mol. The Balaban J connectivity index is 2.53. The molecule has 1 aliphatic rings. The van der Waals surface area contributed by atoms with Crippen LogP contribution in [0.5, 0.6) is 5.88 Å². The molecule has 2 rings (SSSR count).